The Hall–Kier alpha value is -2.15. The molecule has 1 unspecified atom stereocenters. The first kappa shape index (κ1) is 13.9. The summed E-state index contributed by atoms with van der Waals surface area (Å²) in [5.74, 6) is -1.53. The van der Waals surface area contributed by atoms with Gasteiger partial charge < -0.3 is 20.1 Å². The van der Waals surface area contributed by atoms with Crippen LogP contribution in [0.5, 0.6) is 0 Å². The molecule has 0 aliphatic rings. The van der Waals surface area contributed by atoms with E-state index in [1.165, 1.54) is 6.07 Å². The Labute approximate surface area is 103 Å². The lowest BCUT2D eigenvalue weighted by Crippen LogP contribution is -2.45. The maximum absolute atomic E-state index is 11.7. The van der Waals surface area contributed by atoms with E-state index < -0.39 is 30.1 Å². The molecule has 98 valence electrons. The van der Waals surface area contributed by atoms with Gasteiger partial charge in [-0.15, -0.1) is 0 Å². The number of aromatic nitrogens is 1. The predicted octanol–water partition coefficient (Wildman–Crippen LogP) is -1.05. The van der Waals surface area contributed by atoms with Gasteiger partial charge in [0.15, 0.2) is 6.04 Å². The third-order valence-corrected chi connectivity index (χ3v) is 2.27. The maximum atomic E-state index is 11.7. The monoisotopic (exact) mass is 254 g/mol. The van der Waals surface area contributed by atoms with E-state index in [1.807, 2.05) is 0 Å². The number of amides is 1. The van der Waals surface area contributed by atoms with Crippen molar-refractivity contribution in [3.05, 3.63) is 33.7 Å². The molecule has 0 aromatic carbocycles. The fraction of sp³-hybridized carbons (Fsp3) is 0.364. The average molecular weight is 254 g/mol. The van der Waals surface area contributed by atoms with E-state index in [2.05, 4.69) is 15.0 Å². The first-order valence-electron chi connectivity index (χ1n) is 5.19. The van der Waals surface area contributed by atoms with E-state index >= 15 is 0 Å². The van der Waals surface area contributed by atoms with Crippen molar-refractivity contribution < 1.29 is 19.4 Å². The lowest BCUT2D eigenvalue weighted by molar-refractivity contribution is -0.143. The molecule has 7 nitrogen and oxygen atoms in total. The highest BCUT2D eigenvalue weighted by Gasteiger charge is 2.22. The van der Waals surface area contributed by atoms with Crippen LogP contribution in [0, 0.1) is 6.92 Å². The van der Waals surface area contributed by atoms with Gasteiger partial charge in [0.2, 0.25) is 0 Å². The molecule has 0 fully saturated rings. The van der Waals surface area contributed by atoms with E-state index in [0.29, 0.717) is 5.69 Å². The smallest absolute Gasteiger partial charge is 0.330 e. The van der Waals surface area contributed by atoms with Crippen molar-refractivity contribution in [1.82, 2.24) is 10.3 Å². The zero-order valence-corrected chi connectivity index (χ0v) is 10.0. The van der Waals surface area contributed by atoms with Gasteiger partial charge in [0.1, 0.15) is 5.56 Å². The number of ether oxygens (including phenoxy) is 1. The summed E-state index contributed by atoms with van der Waals surface area (Å²) in [6, 6.07) is 1.71. The number of carbonyl (C=O) groups excluding carboxylic acids is 2. The van der Waals surface area contributed by atoms with Crippen LogP contribution in [-0.4, -0.2) is 41.7 Å². The topological polar surface area (TPSA) is 108 Å². The molecule has 0 bridgehead atoms. The van der Waals surface area contributed by atoms with Crippen molar-refractivity contribution in [2.45, 2.75) is 13.0 Å². The summed E-state index contributed by atoms with van der Waals surface area (Å²) < 4.78 is 4.39. The standard InChI is InChI=1S/C11H14N2O5/c1-6-3-4-7(9(15)12-6)10(16)13-8(5-14)11(17)18-2/h3-4,8,14H,5H2,1-2H3,(H,12,15)(H,13,16). The minimum absolute atomic E-state index is 0.136. The minimum atomic E-state index is -1.19. The van der Waals surface area contributed by atoms with Gasteiger partial charge in [-0.25, -0.2) is 4.79 Å². The van der Waals surface area contributed by atoms with Crippen molar-refractivity contribution in [3.8, 4) is 0 Å². The number of aryl methyl sites for hydroxylation is 1. The maximum Gasteiger partial charge on any atom is 0.330 e. The average Bonchev–Trinajstić information content (AvgIpc) is 2.34. The number of carbonyl (C=O) groups is 2. The number of aromatic amines is 1. The molecule has 3 N–H and O–H groups in total. The molecule has 18 heavy (non-hydrogen) atoms. The van der Waals surface area contributed by atoms with Crippen LogP contribution in [-0.2, 0) is 9.53 Å². The summed E-state index contributed by atoms with van der Waals surface area (Å²) in [5, 5.41) is 11.1. The van der Waals surface area contributed by atoms with E-state index in [1.54, 1.807) is 13.0 Å². The second-order valence-electron chi connectivity index (χ2n) is 3.62. The van der Waals surface area contributed by atoms with Crippen molar-refractivity contribution in [1.29, 1.82) is 0 Å². The Morgan fingerprint density at radius 3 is 2.67 bits per heavy atom. The summed E-state index contributed by atoms with van der Waals surface area (Å²) >= 11 is 0. The van der Waals surface area contributed by atoms with E-state index in [4.69, 9.17) is 5.11 Å². The van der Waals surface area contributed by atoms with Gasteiger partial charge >= 0.3 is 5.97 Å². The Balaban J connectivity index is 2.88. The summed E-state index contributed by atoms with van der Waals surface area (Å²) in [7, 11) is 1.13. The molecule has 0 aliphatic heterocycles. The first-order chi connectivity index (χ1) is 8.49. The zero-order valence-electron chi connectivity index (χ0n) is 10.0. The Morgan fingerprint density at radius 2 is 2.17 bits per heavy atom. The zero-order chi connectivity index (χ0) is 13.7. The lowest BCUT2D eigenvalue weighted by Gasteiger charge is -2.13. The molecule has 0 saturated heterocycles. The first-order valence-corrected chi connectivity index (χ1v) is 5.19. The number of H-pyrrole nitrogens is 1. The van der Waals surface area contributed by atoms with Crippen LogP contribution in [0.25, 0.3) is 0 Å². The van der Waals surface area contributed by atoms with Crippen LogP contribution in [0.4, 0.5) is 0 Å². The molecule has 0 saturated carbocycles. The van der Waals surface area contributed by atoms with Gasteiger partial charge in [0, 0.05) is 5.69 Å². The van der Waals surface area contributed by atoms with Crippen molar-refractivity contribution in [2.24, 2.45) is 0 Å². The van der Waals surface area contributed by atoms with Crippen molar-refractivity contribution in [3.63, 3.8) is 0 Å². The quantitative estimate of drug-likeness (QED) is 0.594. The van der Waals surface area contributed by atoms with E-state index in [0.717, 1.165) is 7.11 Å². The highest BCUT2D eigenvalue weighted by molar-refractivity contribution is 5.96. The number of aliphatic hydroxyl groups is 1. The van der Waals surface area contributed by atoms with Gasteiger partial charge in [-0.1, -0.05) is 0 Å². The minimum Gasteiger partial charge on any atom is -0.467 e. The number of nitrogens with one attached hydrogen (secondary N) is 2. The van der Waals surface area contributed by atoms with E-state index in [-0.39, 0.29) is 5.56 Å². The van der Waals surface area contributed by atoms with Gasteiger partial charge in [-0.05, 0) is 19.1 Å². The number of aliphatic hydroxyl groups excluding tert-OH is 1. The van der Waals surface area contributed by atoms with Gasteiger partial charge in [-0.2, -0.15) is 0 Å². The number of hydrogen-bond acceptors (Lipinski definition) is 5. The number of esters is 1. The molecule has 1 rings (SSSR count). The lowest BCUT2D eigenvalue weighted by atomic mass is 10.2. The van der Waals surface area contributed by atoms with Crippen LogP contribution in [0.3, 0.4) is 0 Å². The number of hydrogen-bond donors (Lipinski definition) is 3. The SMILES string of the molecule is COC(=O)C(CO)NC(=O)c1ccc(C)[nH]c1=O. The normalized spacial score (nSPS) is 11.7. The summed E-state index contributed by atoms with van der Waals surface area (Å²) in [4.78, 5) is 36.8. The fourth-order valence-electron chi connectivity index (χ4n) is 1.31. The molecule has 0 spiro atoms. The number of rotatable bonds is 4. The third-order valence-electron chi connectivity index (χ3n) is 2.27. The summed E-state index contributed by atoms with van der Waals surface area (Å²) in [6.07, 6.45) is 0. The second-order valence-corrected chi connectivity index (χ2v) is 3.62. The molecule has 1 aromatic rings. The van der Waals surface area contributed by atoms with Crippen LogP contribution in [0.2, 0.25) is 0 Å². The van der Waals surface area contributed by atoms with Crippen LogP contribution in [0.15, 0.2) is 16.9 Å². The number of methoxy groups -OCH3 is 1. The summed E-state index contributed by atoms with van der Waals surface area (Å²) in [6.45, 7) is 1.07. The van der Waals surface area contributed by atoms with Gasteiger partial charge in [-0.3, -0.25) is 9.59 Å². The Morgan fingerprint density at radius 1 is 1.50 bits per heavy atom. The van der Waals surface area contributed by atoms with Crippen molar-refractivity contribution >= 4 is 11.9 Å². The Bertz CT molecular complexity index is 508. The number of pyridine rings is 1. The molecular formula is C11H14N2O5. The predicted molar refractivity (Wildman–Crippen MR) is 62.2 cm³/mol. The van der Waals surface area contributed by atoms with Crippen LogP contribution >= 0.6 is 0 Å². The van der Waals surface area contributed by atoms with Crippen molar-refractivity contribution in [2.75, 3.05) is 13.7 Å². The molecule has 7 heteroatoms. The molecule has 0 radical (unpaired) electrons. The molecule has 1 aromatic heterocycles. The molecule has 1 amide bonds. The Kier molecular flexibility index (Phi) is 4.61. The molecule has 0 aliphatic carbocycles. The molecule has 1 atom stereocenters. The summed E-state index contributed by atoms with van der Waals surface area (Å²) in [5.41, 5.74) is -0.0831. The third kappa shape index (κ3) is 3.17. The highest BCUT2D eigenvalue weighted by atomic mass is 16.5. The van der Waals surface area contributed by atoms with Crippen LogP contribution < -0.4 is 10.9 Å². The second kappa shape index (κ2) is 5.97. The van der Waals surface area contributed by atoms with Crippen LogP contribution in [0.1, 0.15) is 16.1 Å². The van der Waals surface area contributed by atoms with E-state index in [9.17, 15) is 14.4 Å². The highest BCUT2D eigenvalue weighted by Crippen LogP contribution is 1.96. The van der Waals surface area contributed by atoms with Gasteiger partial charge in [0.05, 0.1) is 13.7 Å². The molecule has 1 heterocycles. The fourth-order valence-corrected chi connectivity index (χ4v) is 1.31. The largest absolute Gasteiger partial charge is 0.467 e. The van der Waals surface area contributed by atoms with Gasteiger partial charge in [0.25, 0.3) is 11.5 Å². The molecular weight excluding hydrogens is 240 g/mol.